The Bertz CT molecular complexity index is 1690. The third-order valence-corrected chi connectivity index (χ3v) is 8.76. The van der Waals surface area contributed by atoms with Gasteiger partial charge in [-0.2, -0.15) is 18.2 Å². The monoisotopic (exact) mass is 597 g/mol. The third kappa shape index (κ3) is 4.17. The summed E-state index contributed by atoms with van der Waals surface area (Å²) in [6.07, 6.45) is -1.55. The number of halogens is 4. The summed E-state index contributed by atoms with van der Waals surface area (Å²) in [5, 5.41) is 11.7. The number of carbonyl (C=O) groups is 4. The van der Waals surface area contributed by atoms with Crippen LogP contribution in [0.5, 0.6) is 5.75 Å². The zero-order chi connectivity index (χ0) is 30.2. The maximum atomic E-state index is 14.0. The first-order chi connectivity index (χ1) is 19.8. The molecule has 1 aliphatic heterocycles. The van der Waals surface area contributed by atoms with Gasteiger partial charge >= 0.3 is 6.18 Å². The number of anilines is 1. The molecule has 6 rings (SSSR count). The average Bonchev–Trinajstić information content (AvgIpc) is 3.19. The first-order valence-electron chi connectivity index (χ1n) is 13.1. The lowest BCUT2D eigenvalue weighted by Crippen LogP contribution is -2.46. The van der Waals surface area contributed by atoms with Crippen LogP contribution in [-0.4, -0.2) is 45.5 Å². The van der Waals surface area contributed by atoms with E-state index in [1.807, 2.05) is 0 Å². The van der Waals surface area contributed by atoms with Crippen LogP contribution in [0.15, 0.2) is 70.8 Å². The lowest BCUT2D eigenvalue weighted by atomic mass is 9.59. The van der Waals surface area contributed by atoms with Crippen LogP contribution in [0.25, 0.3) is 0 Å². The highest BCUT2D eigenvalue weighted by Crippen LogP contribution is 2.55. The zero-order valence-corrected chi connectivity index (χ0v) is 23.0. The van der Waals surface area contributed by atoms with Gasteiger partial charge in [-0.25, -0.2) is 4.98 Å². The molecule has 4 atom stereocenters. The number of hydrogen-bond donors (Lipinski definition) is 1. The van der Waals surface area contributed by atoms with Crippen LogP contribution < -0.4 is 5.01 Å². The number of rotatable bonds is 3. The molecule has 1 aromatic heterocycles. The van der Waals surface area contributed by atoms with Crippen molar-refractivity contribution in [1.82, 2.24) is 9.99 Å². The highest BCUT2D eigenvalue weighted by Gasteiger charge is 2.57. The van der Waals surface area contributed by atoms with E-state index < -0.39 is 53.2 Å². The smallest absolute Gasteiger partial charge is 0.433 e. The Balaban J connectivity index is 1.43. The Morgan fingerprint density at radius 3 is 2.50 bits per heavy atom. The molecule has 2 heterocycles. The van der Waals surface area contributed by atoms with Gasteiger partial charge in [-0.05, 0) is 61.6 Å². The van der Waals surface area contributed by atoms with Gasteiger partial charge in [0.1, 0.15) is 11.4 Å². The predicted molar refractivity (Wildman–Crippen MR) is 144 cm³/mol. The second-order valence-electron chi connectivity index (χ2n) is 10.8. The van der Waals surface area contributed by atoms with Crippen LogP contribution in [-0.2, 0) is 25.4 Å². The number of alkyl halides is 3. The minimum absolute atomic E-state index is 0.0329. The molecular weight excluding hydrogens is 575 g/mol. The predicted octanol–water partition coefficient (Wildman–Crippen LogP) is 4.94. The molecule has 1 N–H and O–H groups in total. The first kappa shape index (κ1) is 27.9. The summed E-state index contributed by atoms with van der Waals surface area (Å²) in [6, 6.07) is 8.01. The summed E-state index contributed by atoms with van der Waals surface area (Å²) in [6.45, 7) is 1.56. The molecule has 216 valence electrons. The van der Waals surface area contributed by atoms with Crippen LogP contribution >= 0.6 is 11.6 Å². The number of aromatic hydroxyl groups is 1. The van der Waals surface area contributed by atoms with E-state index in [-0.39, 0.29) is 51.9 Å². The van der Waals surface area contributed by atoms with Crippen molar-refractivity contribution in [2.75, 3.05) is 12.1 Å². The number of nitrogens with zero attached hydrogens (tertiary/aromatic N) is 3. The molecule has 1 saturated heterocycles. The fourth-order valence-electron chi connectivity index (χ4n) is 6.64. The van der Waals surface area contributed by atoms with Gasteiger partial charge in [0.25, 0.3) is 11.8 Å². The van der Waals surface area contributed by atoms with Gasteiger partial charge in [0.15, 0.2) is 17.4 Å². The Morgan fingerprint density at radius 1 is 1.07 bits per heavy atom. The fourth-order valence-corrected chi connectivity index (χ4v) is 6.86. The SMILES string of the molecule is CC1=CC(=O)C2=C(C1=O)[C@@H](c1cccc(O)c1)C1=CC[C@@H]3C(=O)N(N(C)c4nc(C(F)(F)F)ccc4Cl)C(=O)[C@@H]3[C@@H]1C2. The lowest BCUT2D eigenvalue weighted by molar-refractivity contribution is -0.141. The second-order valence-corrected chi connectivity index (χ2v) is 11.2. The number of fused-ring (bicyclic) bond motifs is 3. The number of phenols is 1. The van der Waals surface area contributed by atoms with E-state index in [2.05, 4.69) is 4.98 Å². The molecule has 0 unspecified atom stereocenters. The van der Waals surface area contributed by atoms with Crippen molar-refractivity contribution in [2.24, 2.45) is 17.8 Å². The Hall–Kier alpha value is -4.25. The van der Waals surface area contributed by atoms with Gasteiger partial charge in [0, 0.05) is 29.7 Å². The molecule has 3 aliphatic carbocycles. The summed E-state index contributed by atoms with van der Waals surface area (Å²) < 4.78 is 40.2. The number of hydrogen-bond acceptors (Lipinski definition) is 7. The van der Waals surface area contributed by atoms with Gasteiger partial charge in [-0.3, -0.25) is 24.2 Å². The van der Waals surface area contributed by atoms with Gasteiger partial charge in [-0.15, -0.1) is 0 Å². The summed E-state index contributed by atoms with van der Waals surface area (Å²) in [7, 11) is 1.24. The third-order valence-electron chi connectivity index (χ3n) is 8.47. The molecule has 2 amide bonds. The summed E-state index contributed by atoms with van der Waals surface area (Å²) in [4.78, 5) is 57.8. The molecule has 0 radical (unpaired) electrons. The van der Waals surface area contributed by atoms with Gasteiger partial charge in [-0.1, -0.05) is 35.4 Å². The van der Waals surface area contributed by atoms with E-state index in [0.717, 1.165) is 16.1 Å². The molecule has 0 spiro atoms. The minimum atomic E-state index is -4.78. The number of benzene rings is 1. The molecule has 0 bridgehead atoms. The Labute approximate surface area is 242 Å². The van der Waals surface area contributed by atoms with E-state index in [1.165, 1.54) is 25.3 Å². The number of hydrazine groups is 1. The van der Waals surface area contributed by atoms with Crippen molar-refractivity contribution >= 4 is 40.8 Å². The number of Topliss-reactive ketones (excluding diaryl/α,β-unsaturated/α-hetero) is 1. The van der Waals surface area contributed by atoms with Crippen LogP contribution in [0.4, 0.5) is 19.0 Å². The fraction of sp³-hybridized carbons (Fsp3) is 0.300. The minimum Gasteiger partial charge on any atom is -0.508 e. The number of imide groups is 1. The molecule has 4 aliphatic rings. The maximum Gasteiger partial charge on any atom is 0.433 e. The molecule has 8 nitrogen and oxygen atoms in total. The van der Waals surface area contributed by atoms with Crippen LogP contribution in [0.2, 0.25) is 5.02 Å². The van der Waals surface area contributed by atoms with Crippen LogP contribution in [0.1, 0.15) is 36.9 Å². The Kier molecular flexibility index (Phi) is 6.41. The highest BCUT2D eigenvalue weighted by atomic mass is 35.5. The molecule has 12 heteroatoms. The number of phenolic OH excluding ortho intramolecular Hbond substituents is 1. The number of allylic oxidation sites excluding steroid dienone is 6. The van der Waals surface area contributed by atoms with E-state index in [1.54, 1.807) is 25.1 Å². The molecule has 1 aromatic carbocycles. The van der Waals surface area contributed by atoms with Gasteiger partial charge in [0.05, 0.1) is 16.9 Å². The topological polar surface area (TPSA) is 108 Å². The van der Waals surface area contributed by atoms with Crippen molar-refractivity contribution in [1.29, 1.82) is 0 Å². The van der Waals surface area contributed by atoms with Crippen LogP contribution in [0, 0.1) is 17.8 Å². The first-order valence-corrected chi connectivity index (χ1v) is 13.5. The summed E-state index contributed by atoms with van der Waals surface area (Å²) in [5.41, 5.74) is 0.810. The van der Waals surface area contributed by atoms with Crippen LogP contribution in [0.3, 0.4) is 0 Å². The number of amides is 2. The molecule has 0 saturated carbocycles. The normalized spacial score (nSPS) is 25.6. The van der Waals surface area contributed by atoms with Crippen molar-refractivity contribution in [3.8, 4) is 5.75 Å². The number of ketones is 2. The van der Waals surface area contributed by atoms with E-state index in [9.17, 15) is 37.5 Å². The number of carbonyl (C=O) groups excluding carboxylic acids is 4. The Morgan fingerprint density at radius 2 is 1.81 bits per heavy atom. The summed E-state index contributed by atoms with van der Waals surface area (Å²) >= 11 is 6.16. The van der Waals surface area contributed by atoms with E-state index in [4.69, 9.17) is 11.6 Å². The largest absolute Gasteiger partial charge is 0.508 e. The second kappa shape index (κ2) is 9.65. The number of aromatic nitrogens is 1. The van der Waals surface area contributed by atoms with E-state index >= 15 is 0 Å². The van der Waals surface area contributed by atoms with Gasteiger partial charge < -0.3 is 5.11 Å². The molecule has 42 heavy (non-hydrogen) atoms. The van der Waals surface area contributed by atoms with Crippen molar-refractivity contribution in [2.45, 2.75) is 31.9 Å². The van der Waals surface area contributed by atoms with Crippen molar-refractivity contribution in [3.05, 3.63) is 87.1 Å². The van der Waals surface area contributed by atoms with Gasteiger partial charge in [0.2, 0.25) is 0 Å². The molecule has 1 fully saturated rings. The quantitative estimate of drug-likeness (QED) is 0.303. The summed E-state index contributed by atoms with van der Waals surface area (Å²) in [5.74, 6) is -5.62. The zero-order valence-electron chi connectivity index (χ0n) is 22.3. The average molecular weight is 598 g/mol. The van der Waals surface area contributed by atoms with Crippen molar-refractivity contribution < 1.29 is 37.5 Å². The maximum absolute atomic E-state index is 14.0. The van der Waals surface area contributed by atoms with E-state index in [0.29, 0.717) is 17.2 Å². The number of pyridine rings is 1. The molecular formula is C30H23ClF3N3O5. The molecule has 2 aromatic rings. The highest BCUT2D eigenvalue weighted by molar-refractivity contribution is 6.33. The standard InChI is InChI=1S/C30H23ClF3N3O5/c1-13-10-21(39)19-12-18-16(23(25(19)26(13)40)14-4-3-5-15(38)11-14)6-7-17-24(18)29(42)37(28(17)41)36(2)27-20(31)8-9-22(35-27)30(32,33)34/h3-6,8-11,17-18,23-24,38H,7,12H2,1-2H3/t17-,18+,23-,24-/m0/s1. The van der Waals surface area contributed by atoms with Crippen molar-refractivity contribution in [3.63, 3.8) is 0 Å². The lowest BCUT2D eigenvalue weighted by Gasteiger charge is -2.42.